The molecule has 4 aromatic rings. The fourth-order valence-electron chi connectivity index (χ4n) is 3.82. The van der Waals surface area contributed by atoms with Gasteiger partial charge >= 0.3 is 115 Å². The molecule has 0 saturated heterocycles. The van der Waals surface area contributed by atoms with Crippen molar-refractivity contribution in [2.75, 3.05) is 36.7 Å². The molecular weight excluding hydrogens is 954 g/mol. The van der Waals surface area contributed by atoms with Crippen LogP contribution in [0.3, 0.4) is 0 Å². The molecule has 2 aromatic carbocycles. The number of hydrogen-bond acceptors (Lipinski definition) is 15. The van der Waals surface area contributed by atoms with Gasteiger partial charge in [0.1, 0.15) is 21.3 Å². The van der Waals surface area contributed by atoms with Gasteiger partial charge < -0.3 is 40.5 Å². The van der Waals surface area contributed by atoms with Gasteiger partial charge in [0.15, 0.2) is 0 Å². The molecule has 0 atom stereocenters. The molecule has 5 N–H and O–H groups in total. The first-order chi connectivity index (χ1) is 26.0. The first kappa shape index (κ1) is 57.7. The Kier molecular flexibility index (Phi) is 31.0. The number of halogens is 3. The molecular formula is C33H37BrCl2K2N4O13S2. The summed E-state index contributed by atoms with van der Waals surface area (Å²) < 4.78 is 69.6. The monoisotopic (exact) mass is 988 g/mol. The van der Waals surface area contributed by atoms with Crippen LogP contribution in [0, 0.1) is 0 Å². The second kappa shape index (κ2) is 30.6. The molecule has 24 heteroatoms. The number of benzene rings is 2. The molecule has 0 spiro atoms. The van der Waals surface area contributed by atoms with Crippen LogP contribution in [0.1, 0.15) is 33.7 Å². The number of methoxy groups -OCH3 is 2. The summed E-state index contributed by atoms with van der Waals surface area (Å²) in [6.07, 6.45) is 6.22. The van der Waals surface area contributed by atoms with Crippen molar-refractivity contribution in [2.45, 2.75) is 22.9 Å². The normalized spacial score (nSPS) is 10.0. The summed E-state index contributed by atoms with van der Waals surface area (Å²) in [4.78, 5) is 34.5. The number of hydrogen-bond donors (Lipinski definition) is 4. The maximum atomic E-state index is 12.3. The van der Waals surface area contributed by atoms with Crippen LogP contribution in [0.4, 0.5) is 11.4 Å². The minimum absolute atomic E-state index is 0. The van der Waals surface area contributed by atoms with E-state index in [1.165, 1.54) is 51.0 Å². The van der Waals surface area contributed by atoms with E-state index < -0.39 is 32.0 Å². The van der Waals surface area contributed by atoms with E-state index in [1.54, 1.807) is 30.3 Å². The van der Waals surface area contributed by atoms with E-state index in [0.29, 0.717) is 22.9 Å². The molecule has 302 valence electrons. The first-order valence-corrected chi connectivity index (χ1v) is 19.8. The maximum Gasteiger partial charge on any atom is 1.00 e. The van der Waals surface area contributed by atoms with Crippen LogP contribution in [0.5, 0.6) is 0 Å². The average molecular weight is 991 g/mol. The Balaban J connectivity index is -0.000000846. The zero-order valence-electron chi connectivity index (χ0n) is 32.1. The fraction of sp³-hybridized carbons (Fsp3) is 0.182. The summed E-state index contributed by atoms with van der Waals surface area (Å²) in [5.41, 5.74) is 0.677. The van der Waals surface area contributed by atoms with Crippen molar-refractivity contribution >= 4 is 89.0 Å². The molecule has 2 heterocycles. The van der Waals surface area contributed by atoms with Gasteiger partial charge in [-0.2, -0.15) is 0 Å². The van der Waals surface area contributed by atoms with E-state index in [0.717, 1.165) is 11.4 Å². The van der Waals surface area contributed by atoms with Gasteiger partial charge in [-0.3, -0.25) is 4.79 Å². The van der Waals surface area contributed by atoms with Crippen molar-refractivity contribution in [1.82, 2.24) is 4.72 Å². The SMILES string of the molecule is C=CCBr.C=CCNS(=O)(=O)c1cc(C(=O)OC)c(NCc2ccco2)cc1Cl.COC(=O)c1cc(S(N)(=O)=O)c(Cl)cc1NCc1ccco1.O=CO[O-].[H-].[K+].[K+]. The van der Waals surface area contributed by atoms with Crippen LogP contribution in [-0.4, -0.2) is 61.3 Å². The number of furan rings is 2. The Labute approximate surface area is 434 Å². The molecule has 0 unspecified atom stereocenters. The zero-order valence-corrected chi connectivity index (χ0v) is 42.1. The minimum atomic E-state index is -4.06. The van der Waals surface area contributed by atoms with Crippen LogP contribution in [0.15, 0.2) is 105 Å². The maximum absolute atomic E-state index is 12.3. The second-order valence-corrected chi connectivity index (χ2v) is 14.6. The molecule has 0 bridgehead atoms. The van der Waals surface area contributed by atoms with Crippen molar-refractivity contribution in [3.63, 3.8) is 0 Å². The molecule has 0 amide bonds. The van der Waals surface area contributed by atoms with Gasteiger partial charge in [0.2, 0.25) is 20.0 Å². The van der Waals surface area contributed by atoms with Crippen molar-refractivity contribution in [2.24, 2.45) is 5.14 Å². The zero-order chi connectivity index (χ0) is 41.6. The minimum Gasteiger partial charge on any atom is -1.00 e. The number of esters is 2. The number of anilines is 2. The number of nitrogens with one attached hydrogen (secondary N) is 3. The van der Waals surface area contributed by atoms with Crippen LogP contribution in [0.2, 0.25) is 10.0 Å². The smallest absolute Gasteiger partial charge is 1.00 e. The number of alkyl halides is 1. The number of carbonyl (C=O) groups excluding carboxylic acids is 3. The number of rotatable bonds is 15. The Morgan fingerprint density at radius 2 is 1.26 bits per heavy atom. The molecule has 57 heavy (non-hydrogen) atoms. The van der Waals surface area contributed by atoms with E-state index in [4.69, 9.17) is 52.0 Å². The number of ether oxygens (including phenoxy) is 2. The molecule has 17 nitrogen and oxygen atoms in total. The predicted molar refractivity (Wildman–Crippen MR) is 207 cm³/mol. The van der Waals surface area contributed by atoms with Crippen molar-refractivity contribution in [3.05, 3.63) is 119 Å². The van der Waals surface area contributed by atoms with Crippen LogP contribution in [0.25, 0.3) is 0 Å². The third-order valence-electron chi connectivity index (χ3n) is 6.18. The predicted octanol–water partition coefficient (Wildman–Crippen LogP) is -1.10. The summed E-state index contributed by atoms with van der Waals surface area (Å²) in [6.45, 7) is 7.30. The van der Waals surface area contributed by atoms with E-state index in [1.807, 2.05) is 0 Å². The van der Waals surface area contributed by atoms with E-state index in [-0.39, 0.29) is 161 Å². The van der Waals surface area contributed by atoms with Gasteiger partial charge in [-0.1, -0.05) is 51.3 Å². The number of primary sulfonamides is 1. The largest absolute Gasteiger partial charge is 1.00 e. The molecule has 4 rings (SSSR count). The summed E-state index contributed by atoms with van der Waals surface area (Å²) >= 11 is 15.2. The summed E-state index contributed by atoms with van der Waals surface area (Å²) in [5.74, 6) is -0.152. The first-order valence-electron chi connectivity index (χ1n) is 14.9. The summed E-state index contributed by atoms with van der Waals surface area (Å²) in [6, 6.07) is 11.9. The molecule has 0 aliphatic rings. The Morgan fingerprint density at radius 1 is 0.860 bits per heavy atom. The quantitative estimate of drug-likeness (QED) is 0.0210. The third-order valence-corrected chi connectivity index (χ3v) is 9.90. The Bertz CT molecular complexity index is 2090. The van der Waals surface area contributed by atoms with Crippen LogP contribution >= 0.6 is 39.1 Å². The van der Waals surface area contributed by atoms with E-state index in [2.05, 4.69) is 54.1 Å². The van der Waals surface area contributed by atoms with Crippen molar-refractivity contribution in [1.29, 1.82) is 0 Å². The van der Waals surface area contributed by atoms with Gasteiger partial charge in [0.05, 0.1) is 72.4 Å². The standard InChI is InChI=1S/C16H17ClN2O5S.C13H13ClN2O5S.C3H5Br.CH2O3.2K.H/c1-3-6-19-25(21,22)15-8-12(16(20)23-2)14(9-13(15)17)18-10-11-5-4-7-24-11;1-20-13(17)9-5-12(22(15,18)19)10(14)6-11(9)16-7-8-3-2-4-21-8;1-2-3-4;2-1-4-3;;;/h3-5,7-9,18-19H,1,6,10H2,2H3;2-6,16H,7H2,1H3,(H2,15,18,19);2H,1,3H2;1,3H;;;/q;;;;2*+1;-1/p-1. The van der Waals surface area contributed by atoms with E-state index in [9.17, 15) is 26.4 Å². The fourth-order valence-corrected chi connectivity index (χ4v) is 6.47. The average Bonchev–Trinajstić information content (AvgIpc) is 3.90. The Morgan fingerprint density at radius 3 is 1.58 bits per heavy atom. The summed E-state index contributed by atoms with van der Waals surface area (Å²) in [5, 5.41) is 20.2. The van der Waals surface area contributed by atoms with Gasteiger partial charge in [-0.15, -0.1) is 13.2 Å². The molecule has 0 aliphatic heterocycles. The van der Waals surface area contributed by atoms with E-state index >= 15 is 0 Å². The van der Waals surface area contributed by atoms with Crippen LogP contribution in [-0.2, 0) is 52.3 Å². The number of allylic oxidation sites excluding steroid dienone is 1. The Hall–Kier alpha value is -1.40. The molecule has 0 aliphatic carbocycles. The van der Waals surface area contributed by atoms with Crippen molar-refractivity contribution < 1.29 is 164 Å². The van der Waals surface area contributed by atoms with Crippen LogP contribution < -0.4 is 129 Å². The van der Waals surface area contributed by atoms with Gasteiger partial charge in [-0.25, -0.2) is 36.3 Å². The summed E-state index contributed by atoms with van der Waals surface area (Å²) in [7, 11) is -5.57. The topological polar surface area (TPSA) is 259 Å². The number of sulfonamides is 2. The molecule has 2 aromatic heterocycles. The van der Waals surface area contributed by atoms with Gasteiger partial charge in [0, 0.05) is 11.9 Å². The molecule has 0 saturated carbocycles. The third kappa shape index (κ3) is 20.6. The number of nitrogens with two attached hydrogens (primary N) is 1. The molecule has 0 fully saturated rings. The second-order valence-electron chi connectivity index (χ2n) is 9.83. The van der Waals surface area contributed by atoms with Gasteiger partial charge in [-0.05, 0) is 48.5 Å². The van der Waals surface area contributed by atoms with Crippen molar-refractivity contribution in [3.8, 4) is 0 Å². The molecule has 0 radical (unpaired) electrons. The van der Waals surface area contributed by atoms with Gasteiger partial charge in [0.25, 0.3) is 6.47 Å². The number of carbonyl (C=O) groups is 3.